The molecule has 0 aliphatic heterocycles. The van der Waals surface area contributed by atoms with Gasteiger partial charge >= 0.3 is 23.1 Å². The van der Waals surface area contributed by atoms with Crippen LogP contribution in [0.4, 0.5) is 0 Å². The molecule has 2 N–H and O–H groups in total. The third kappa shape index (κ3) is 12.2. The molecule has 0 aliphatic carbocycles. The first-order valence-corrected chi connectivity index (χ1v) is 6.97. The fraction of sp³-hybridized carbons (Fsp3) is 1.00. The molecule has 0 aliphatic rings. The standard InChI is InChI=1S/C6H17NSi.Mg.2H/c1-8(2,3)6-4-5-7;;;/h4-7H2,1-3H3;;;/q;+2;2*-1. The SMILES string of the molecule is C[Si](C)(C)CCCN.[H-].[H-].[Mg+2]. The van der Waals surface area contributed by atoms with Crippen molar-refractivity contribution in [3.05, 3.63) is 0 Å². The predicted octanol–water partition coefficient (Wildman–Crippen LogP) is 1.52. The smallest absolute Gasteiger partial charge is 1.00 e. The van der Waals surface area contributed by atoms with Gasteiger partial charge in [-0.3, -0.25) is 0 Å². The summed E-state index contributed by atoms with van der Waals surface area (Å²) >= 11 is 0. The van der Waals surface area contributed by atoms with Gasteiger partial charge in [-0.2, -0.15) is 0 Å². The van der Waals surface area contributed by atoms with Crippen molar-refractivity contribution in [2.24, 2.45) is 5.73 Å². The Balaban J connectivity index is -0.0000000817. The van der Waals surface area contributed by atoms with E-state index in [1.54, 1.807) is 0 Å². The maximum Gasteiger partial charge on any atom is 2.00 e. The quantitative estimate of drug-likeness (QED) is 0.618. The first-order valence-electron chi connectivity index (χ1n) is 3.26. The van der Waals surface area contributed by atoms with Gasteiger partial charge in [-0.25, -0.2) is 0 Å². The molecule has 0 aromatic heterocycles. The molecule has 1 nitrogen and oxygen atoms in total. The van der Waals surface area contributed by atoms with Crippen LogP contribution in [-0.2, 0) is 0 Å². The topological polar surface area (TPSA) is 26.0 Å². The minimum atomic E-state index is -0.758. The monoisotopic (exact) mass is 157 g/mol. The normalized spacial score (nSPS) is 10.7. The van der Waals surface area contributed by atoms with E-state index < -0.39 is 8.07 Å². The molecule has 0 bridgehead atoms. The second-order valence-electron chi connectivity index (χ2n) is 3.45. The van der Waals surface area contributed by atoms with Gasteiger partial charge < -0.3 is 8.59 Å². The van der Waals surface area contributed by atoms with Crippen LogP contribution < -0.4 is 5.73 Å². The zero-order valence-electron chi connectivity index (χ0n) is 8.91. The second kappa shape index (κ2) is 5.71. The summed E-state index contributed by atoms with van der Waals surface area (Å²) in [6, 6.07) is 1.38. The Kier molecular flexibility index (Phi) is 7.99. The summed E-state index contributed by atoms with van der Waals surface area (Å²) < 4.78 is 0. The van der Waals surface area contributed by atoms with Crippen LogP contribution in [0.15, 0.2) is 0 Å². The molecule has 54 valence electrons. The van der Waals surface area contributed by atoms with Gasteiger partial charge in [-0.05, 0) is 13.0 Å². The van der Waals surface area contributed by atoms with Crippen molar-refractivity contribution in [2.45, 2.75) is 32.1 Å². The van der Waals surface area contributed by atoms with E-state index in [0.717, 1.165) is 6.54 Å². The van der Waals surface area contributed by atoms with Crippen LogP contribution in [0.25, 0.3) is 0 Å². The van der Waals surface area contributed by atoms with Gasteiger partial charge in [0.05, 0.1) is 0 Å². The molecule has 0 spiro atoms. The second-order valence-corrected chi connectivity index (χ2v) is 9.07. The van der Waals surface area contributed by atoms with Gasteiger partial charge in [0.2, 0.25) is 0 Å². The molecule has 0 fully saturated rings. The Labute approximate surface area is 78.5 Å². The van der Waals surface area contributed by atoms with E-state index in [1.807, 2.05) is 0 Å². The summed E-state index contributed by atoms with van der Waals surface area (Å²) in [6.45, 7) is 8.00. The van der Waals surface area contributed by atoms with Crippen LogP contribution >= 0.6 is 0 Å². The van der Waals surface area contributed by atoms with E-state index in [-0.39, 0.29) is 25.9 Å². The largest absolute Gasteiger partial charge is 2.00 e. The van der Waals surface area contributed by atoms with E-state index >= 15 is 0 Å². The van der Waals surface area contributed by atoms with Crippen LogP contribution in [0, 0.1) is 0 Å². The molecule has 0 heterocycles. The summed E-state index contributed by atoms with van der Waals surface area (Å²) in [7, 11) is -0.758. The van der Waals surface area contributed by atoms with Crippen LogP contribution in [-0.4, -0.2) is 37.7 Å². The van der Waals surface area contributed by atoms with Gasteiger partial charge in [0, 0.05) is 8.07 Å². The molecular formula is C6H19MgNSi. The molecule has 3 heteroatoms. The first-order chi connectivity index (χ1) is 3.56. The molecule has 0 aromatic carbocycles. The van der Waals surface area contributed by atoms with E-state index in [9.17, 15) is 0 Å². The summed E-state index contributed by atoms with van der Waals surface area (Å²) in [5.74, 6) is 0. The Bertz CT molecular complexity index is 68.1. The Hall–Kier alpha value is 0.943. The van der Waals surface area contributed by atoms with Gasteiger partial charge in [0.15, 0.2) is 0 Å². The summed E-state index contributed by atoms with van der Waals surface area (Å²) in [5, 5.41) is 0. The fourth-order valence-electron chi connectivity index (χ4n) is 0.632. The van der Waals surface area contributed by atoms with Crippen molar-refractivity contribution in [1.29, 1.82) is 0 Å². The molecule has 0 saturated carbocycles. The average molecular weight is 158 g/mol. The molecule has 0 atom stereocenters. The van der Waals surface area contributed by atoms with Crippen molar-refractivity contribution < 1.29 is 2.85 Å². The molecule has 9 heavy (non-hydrogen) atoms. The number of rotatable bonds is 3. The minimum Gasteiger partial charge on any atom is -1.00 e. The first kappa shape index (κ1) is 12.6. The third-order valence-corrected chi connectivity index (χ3v) is 2.98. The van der Waals surface area contributed by atoms with Crippen molar-refractivity contribution >= 4 is 31.1 Å². The van der Waals surface area contributed by atoms with Gasteiger partial charge in [0.25, 0.3) is 0 Å². The van der Waals surface area contributed by atoms with Crippen molar-refractivity contribution in [3.8, 4) is 0 Å². The van der Waals surface area contributed by atoms with Gasteiger partial charge in [-0.15, -0.1) is 0 Å². The number of hydrogen-bond donors (Lipinski definition) is 1. The number of hydrogen-bond acceptors (Lipinski definition) is 1. The summed E-state index contributed by atoms with van der Waals surface area (Å²) in [5.41, 5.74) is 5.36. The molecule has 0 rings (SSSR count). The third-order valence-electron chi connectivity index (χ3n) is 1.13. The average Bonchev–Trinajstić information content (AvgIpc) is 1.59. The minimum absolute atomic E-state index is 0. The summed E-state index contributed by atoms with van der Waals surface area (Å²) in [4.78, 5) is 0. The number of nitrogens with two attached hydrogens (primary N) is 1. The summed E-state index contributed by atoms with van der Waals surface area (Å²) in [6.07, 6.45) is 1.22. The van der Waals surface area contributed by atoms with E-state index in [2.05, 4.69) is 19.6 Å². The molecule has 0 aromatic rings. The van der Waals surface area contributed by atoms with Crippen molar-refractivity contribution in [3.63, 3.8) is 0 Å². The van der Waals surface area contributed by atoms with E-state index in [1.165, 1.54) is 12.5 Å². The maximum absolute atomic E-state index is 5.36. The molecule has 0 unspecified atom stereocenters. The molecule has 0 saturated heterocycles. The van der Waals surface area contributed by atoms with E-state index in [0.29, 0.717) is 0 Å². The van der Waals surface area contributed by atoms with Crippen LogP contribution in [0.3, 0.4) is 0 Å². The van der Waals surface area contributed by atoms with Crippen molar-refractivity contribution in [2.75, 3.05) is 6.54 Å². The van der Waals surface area contributed by atoms with Crippen LogP contribution in [0.5, 0.6) is 0 Å². The zero-order chi connectivity index (χ0) is 6.62. The van der Waals surface area contributed by atoms with Crippen molar-refractivity contribution in [1.82, 2.24) is 0 Å². The maximum atomic E-state index is 5.36. The Morgan fingerprint density at radius 2 is 1.78 bits per heavy atom. The van der Waals surface area contributed by atoms with Gasteiger partial charge in [0.1, 0.15) is 0 Å². The fourth-order valence-corrected chi connectivity index (χ4v) is 1.90. The van der Waals surface area contributed by atoms with Gasteiger partial charge in [-0.1, -0.05) is 25.7 Å². The molecule has 0 radical (unpaired) electrons. The van der Waals surface area contributed by atoms with E-state index in [4.69, 9.17) is 5.73 Å². The molecule has 0 amide bonds. The molecular weight excluding hydrogens is 138 g/mol. The zero-order valence-corrected chi connectivity index (χ0v) is 9.32. The Morgan fingerprint density at radius 3 is 1.89 bits per heavy atom. The van der Waals surface area contributed by atoms with Crippen LogP contribution in [0.1, 0.15) is 9.27 Å². The predicted molar refractivity (Wildman–Crippen MR) is 49.8 cm³/mol. The Morgan fingerprint density at radius 1 is 1.33 bits per heavy atom. The van der Waals surface area contributed by atoms with Crippen LogP contribution in [0.2, 0.25) is 25.7 Å².